The lowest BCUT2D eigenvalue weighted by atomic mass is 10.1. The summed E-state index contributed by atoms with van der Waals surface area (Å²) in [5.74, 6) is 1.48. The summed E-state index contributed by atoms with van der Waals surface area (Å²) in [5.41, 5.74) is 1.25. The molecule has 1 rings (SSSR count). The van der Waals surface area contributed by atoms with Gasteiger partial charge in [0.15, 0.2) is 0 Å². The molecular formula is C16H27NO2. The van der Waals surface area contributed by atoms with Gasteiger partial charge in [0.2, 0.25) is 0 Å². The van der Waals surface area contributed by atoms with E-state index in [1.165, 1.54) is 5.56 Å². The lowest BCUT2D eigenvalue weighted by Gasteiger charge is -2.26. The number of hydrogen-bond donors (Lipinski definition) is 1. The van der Waals surface area contributed by atoms with Gasteiger partial charge < -0.3 is 9.84 Å². The van der Waals surface area contributed by atoms with Crippen molar-refractivity contribution < 1.29 is 9.84 Å². The largest absolute Gasteiger partial charge is 0.497 e. The van der Waals surface area contributed by atoms with Crippen LogP contribution in [0.5, 0.6) is 5.75 Å². The number of rotatable bonds is 8. The van der Waals surface area contributed by atoms with Crippen LogP contribution in [-0.4, -0.2) is 36.3 Å². The highest BCUT2D eigenvalue weighted by atomic mass is 16.5. The van der Waals surface area contributed by atoms with E-state index in [1.807, 2.05) is 19.1 Å². The van der Waals surface area contributed by atoms with Crippen LogP contribution in [0.15, 0.2) is 24.3 Å². The van der Waals surface area contributed by atoms with Gasteiger partial charge in [0.1, 0.15) is 5.75 Å². The van der Waals surface area contributed by atoms with Crippen LogP contribution in [0, 0.1) is 5.92 Å². The molecule has 108 valence electrons. The molecule has 0 saturated carbocycles. The molecule has 1 N–H and O–H groups in total. The molecule has 0 heterocycles. The Morgan fingerprint density at radius 1 is 1.16 bits per heavy atom. The van der Waals surface area contributed by atoms with Gasteiger partial charge in [0.25, 0.3) is 0 Å². The molecule has 0 amide bonds. The van der Waals surface area contributed by atoms with Crippen molar-refractivity contribution in [3.8, 4) is 5.75 Å². The predicted molar refractivity (Wildman–Crippen MR) is 79.4 cm³/mol. The summed E-state index contributed by atoms with van der Waals surface area (Å²) in [6, 6.07) is 8.15. The molecule has 0 spiro atoms. The van der Waals surface area contributed by atoms with E-state index in [-0.39, 0.29) is 6.10 Å². The molecule has 19 heavy (non-hydrogen) atoms. The van der Waals surface area contributed by atoms with E-state index < -0.39 is 0 Å². The molecule has 1 aromatic carbocycles. The topological polar surface area (TPSA) is 32.7 Å². The van der Waals surface area contributed by atoms with Crippen LogP contribution in [-0.2, 0) is 6.54 Å². The Hall–Kier alpha value is -1.06. The van der Waals surface area contributed by atoms with Crippen molar-refractivity contribution in [2.45, 2.75) is 39.8 Å². The lowest BCUT2D eigenvalue weighted by Crippen LogP contribution is -2.34. The second kappa shape index (κ2) is 8.18. The zero-order chi connectivity index (χ0) is 14.3. The molecule has 0 aromatic heterocycles. The number of aliphatic hydroxyl groups is 1. The first-order chi connectivity index (χ1) is 9.05. The normalized spacial score (nSPS) is 13.0. The quantitative estimate of drug-likeness (QED) is 0.784. The number of hydrogen-bond acceptors (Lipinski definition) is 3. The average Bonchev–Trinajstić information content (AvgIpc) is 2.38. The zero-order valence-corrected chi connectivity index (χ0v) is 12.6. The minimum atomic E-state index is -0.239. The van der Waals surface area contributed by atoms with Gasteiger partial charge in [-0.25, -0.2) is 0 Å². The van der Waals surface area contributed by atoms with Gasteiger partial charge in [-0.05, 0) is 30.0 Å². The second-order valence-electron chi connectivity index (χ2n) is 5.50. The molecule has 1 aromatic rings. The predicted octanol–water partition coefficient (Wildman–Crippen LogP) is 2.92. The molecule has 0 unspecified atom stereocenters. The van der Waals surface area contributed by atoms with Gasteiger partial charge in [-0.15, -0.1) is 0 Å². The highest BCUT2D eigenvalue weighted by molar-refractivity contribution is 5.27. The second-order valence-corrected chi connectivity index (χ2v) is 5.50. The molecule has 0 saturated heterocycles. The lowest BCUT2D eigenvalue weighted by molar-refractivity contribution is 0.0986. The van der Waals surface area contributed by atoms with E-state index >= 15 is 0 Å². The highest BCUT2D eigenvalue weighted by Crippen LogP contribution is 2.14. The Kier molecular flexibility index (Phi) is 6.89. The number of benzene rings is 1. The average molecular weight is 265 g/mol. The fraction of sp³-hybridized carbons (Fsp3) is 0.625. The number of ether oxygens (including phenoxy) is 1. The van der Waals surface area contributed by atoms with E-state index in [9.17, 15) is 5.11 Å². The molecule has 0 fully saturated rings. The maximum atomic E-state index is 9.84. The third kappa shape index (κ3) is 6.08. The van der Waals surface area contributed by atoms with Crippen LogP contribution < -0.4 is 4.74 Å². The Morgan fingerprint density at radius 2 is 1.79 bits per heavy atom. The summed E-state index contributed by atoms with van der Waals surface area (Å²) < 4.78 is 5.17. The standard InChI is InChI=1S/C16H27NO2/c1-5-15(18)12-17(10-13(2)3)11-14-6-8-16(19-4)9-7-14/h6-9,13,15,18H,5,10-12H2,1-4H3/t15-/m1/s1. The maximum Gasteiger partial charge on any atom is 0.118 e. The molecule has 0 aliphatic heterocycles. The Bertz CT molecular complexity index is 348. The molecule has 0 radical (unpaired) electrons. The van der Waals surface area contributed by atoms with E-state index in [0.29, 0.717) is 5.92 Å². The first-order valence-electron chi connectivity index (χ1n) is 7.08. The van der Waals surface area contributed by atoms with Crippen molar-refractivity contribution in [2.24, 2.45) is 5.92 Å². The van der Waals surface area contributed by atoms with Gasteiger partial charge in [0, 0.05) is 19.6 Å². The fourth-order valence-corrected chi connectivity index (χ4v) is 2.14. The van der Waals surface area contributed by atoms with Crippen LogP contribution in [0.1, 0.15) is 32.8 Å². The van der Waals surface area contributed by atoms with Crippen molar-refractivity contribution in [1.82, 2.24) is 4.90 Å². The van der Waals surface area contributed by atoms with Crippen LogP contribution in [0.3, 0.4) is 0 Å². The van der Waals surface area contributed by atoms with Crippen LogP contribution in [0.2, 0.25) is 0 Å². The van der Waals surface area contributed by atoms with Crippen molar-refractivity contribution in [3.63, 3.8) is 0 Å². The Labute approximate surface area is 117 Å². The smallest absolute Gasteiger partial charge is 0.118 e. The zero-order valence-electron chi connectivity index (χ0n) is 12.6. The SMILES string of the molecule is CC[C@@H](O)CN(Cc1ccc(OC)cc1)CC(C)C. The van der Waals surface area contributed by atoms with Crippen molar-refractivity contribution >= 4 is 0 Å². The Morgan fingerprint density at radius 3 is 2.26 bits per heavy atom. The Balaban J connectivity index is 2.63. The van der Waals surface area contributed by atoms with E-state index in [2.05, 4.69) is 30.9 Å². The molecular weight excluding hydrogens is 238 g/mol. The summed E-state index contributed by atoms with van der Waals surface area (Å²) in [5, 5.41) is 9.84. The monoisotopic (exact) mass is 265 g/mol. The number of methoxy groups -OCH3 is 1. The number of aliphatic hydroxyl groups excluding tert-OH is 1. The van der Waals surface area contributed by atoms with Gasteiger partial charge in [0.05, 0.1) is 13.2 Å². The summed E-state index contributed by atoms with van der Waals surface area (Å²) in [6.45, 7) is 9.05. The molecule has 0 aliphatic rings. The molecule has 3 heteroatoms. The van der Waals surface area contributed by atoms with Gasteiger partial charge >= 0.3 is 0 Å². The van der Waals surface area contributed by atoms with E-state index in [1.54, 1.807) is 7.11 Å². The van der Waals surface area contributed by atoms with Crippen molar-refractivity contribution in [1.29, 1.82) is 0 Å². The number of nitrogens with zero attached hydrogens (tertiary/aromatic N) is 1. The van der Waals surface area contributed by atoms with E-state index in [4.69, 9.17) is 4.74 Å². The first kappa shape index (κ1) is 16.0. The maximum absolute atomic E-state index is 9.84. The van der Waals surface area contributed by atoms with Crippen LogP contribution >= 0.6 is 0 Å². The third-order valence-corrected chi connectivity index (χ3v) is 3.13. The molecule has 1 atom stereocenters. The van der Waals surface area contributed by atoms with E-state index in [0.717, 1.165) is 31.8 Å². The van der Waals surface area contributed by atoms with Crippen LogP contribution in [0.4, 0.5) is 0 Å². The van der Waals surface area contributed by atoms with Gasteiger partial charge in [-0.3, -0.25) is 4.90 Å². The van der Waals surface area contributed by atoms with Crippen LogP contribution in [0.25, 0.3) is 0 Å². The fourth-order valence-electron chi connectivity index (χ4n) is 2.14. The van der Waals surface area contributed by atoms with Crippen molar-refractivity contribution in [3.05, 3.63) is 29.8 Å². The molecule has 0 bridgehead atoms. The minimum absolute atomic E-state index is 0.239. The summed E-state index contributed by atoms with van der Waals surface area (Å²) in [6.07, 6.45) is 0.564. The summed E-state index contributed by atoms with van der Waals surface area (Å²) in [7, 11) is 1.68. The van der Waals surface area contributed by atoms with Crippen molar-refractivity contribution in [2.75, 3.05) is 20.2 Å². The molecule has 0 aliphatic carbocycles. The summed E-state index contributed by atoms with van der Waals surface area (Å²) in [4.78, 5) is 2.32. The van der Waals surface area contributed by atoms with Gasteiger partial charge in [-0.1, -0.05) is 32.9 Å². The van der Waals surface area contributed by atoms with Gasteiger partial charge in [-0.2, -0.15) is 0 Å². The highest BCUT2D eigenvalue weighted by Gasteiger charge is 2.12. The third-order valence-electron chi connectivity index (χ3n) is 3.13. The summed E-state index contributed by atoms with van der Waals surface area (Å²) >= 11 is 0. The minimum Gasteiger partial charge on any atom is -0.497 e. The molecule has 3 nitrogen and oxygen atoms in total. The first-order valence-corrected chi connectivity index (χ1v) is 7.08.